The molecule has 1 aromatic rings. The number of alkyl halides is 4. The Bertz CT molecular complexity index is 1040. The number of hydrogen-bond donors (Lipinski definition) is 2. The number of carbonyl (C=O) groups excluding carboxylic acids is 2. The van der Waals surface area contributed by atoms with Gasteiger partial charge in [0.15, 0.2) is 6.10 Å². The van der Waals surface area contributed by atoms with Gasteiger partial charge < -0.3 is 15.0 Å². The smallest absolute Gasteiger partial charge is 0.416 e. The van der Waals surface area contributed by atoms with Crippen molar-refractivity contribution in [3.05, 3.63) is 41.7 Å². The molecule has 178 valence electrons. The molecule has 2 fully saturated rings. The number of piperazine rings is 1. The lowest BCUT2D eigenvalue weighted by molar-refractivity contribution is -0.137. The number of rotatable bonds is 4. The fourth-order valence-electron chi connectivity index (χ4n) is 3.54. The Labute approximate surface area is 187 Å². The molecule has 0 aromatic carbocycles. The number of amides is 2. The fourth-order valence-corrected chi connectivity index (χ4v) is 3.54. The second-order valence-corrected chi connectivity index (χ2v) is 8.04. The molecule has 2 aliphatic rings. The largest absolute Gasteiger partial charge is 0.438 e. The van der Waals surface area contributed by atoms with Crippen LogP contribution in [-0.4, -0.2) is 54.2 Å². The molecule has 3 rings (SSSR count). The number of aromatic nitrogens is 1. The Kier molecular flexibility index (Phi) is 6.48. The highest BCUT2D eigenvalue weighted by Gasteiger charge is 2.43. The fraction of sp³-hybridized carbons (Fsp3) is 0.429. The summed E-state index contributed by atoms with van der Waals surface area (Å²) >= 11 is 0. The van der Waals surface area contributed by atoms with Crippen molar-refractivity contribution >= 4 is 29.2 Å². The molecule has 2 amide bonds. The number of nitrogens with one attached hydrogen (secondary N) is 2. The van der Waals surface area contributed by atoms with Gasteiger partial charge in [-0.15, -0.1) is 0 Å². The van der Waals surface area contributed by atoms with Crippen LogP contribution in [0.15, 0.2) is 35.5 Å². The summed E-state index contributed by atoms with van der Waals surface area (Å²) in [5.41, 5.74) is -3.08. The average Bonchev–Trinajstić information content (AvgIpc) is 2.71. The number of aliphatic imine (C=N–C) groups is 1. The summed E-state index contributed by atoms with van der Waals surface area (Å²) in [6, 6.07) is 1.68. The van der Waals surface area contributed by atoms with Gasteiger partial charge in [0.05, 0.1) is 17.8 Å². The minimum absolute atomic E-state index is 0.0242. The van der Waals surface area contributed by atoms with Gasteiger partial charge in [0.1, 0.15) is 17.3 Å². The Morgan fingerprint density at radius 2 is 2.00 bits per heavy atom. The molecule has 8 nitrogen and oxygen atoms in total. The van der Waals surface area contributed by atoms with E-state index in [0.29, 0.717) is 0 Å². The van der Waals surface area contributed by atoms with E-state index in [1.165, 1.54) is 25.7 Å². The number of amidine groups is 1. The summed E-state index contributed by atoms with van der Waals surface area (Å²) in [6.07, 6.45) is -6.03. The number of pyridine rings is 1. The second kappa shape index (κ2) is 8.83. The average molecular weight is 469 g/mol. The van der Waals surface area contributed by atoms with Gasteiger partial charge in [0, 0.05) is 24.9 Å². The third-order valence-corrected chi connectivity index (χ3v) is 5.10. The van der Waals surface area contributed by atoms with Crippen LogP contribution in [0, 0.1) is 0 Å². The number of alkyl carbamates (subject to hydrolysis) is 1. The molecule has 2 aliphatic heterocycles. The Hall–Kier alpha value is -3.44. The third-order valence-electron chi connectivity index (χ3n) is 5.10. The molecule has 1 aromatic heterocycles. The van der Waals surface area contributed by atoms with E-state index in [4.69, 9.17) is 4.74 Å². The molecule has 0 radical (unpaired) electrons. The van der Waals surface area contributed by atoms with Crippen molar-refractivity contribution in [1.29, 1.82) is 0 Å². The maximum atomic E-state index is 15.0. The molecule has 0 unspecified atom stereocenters. The van der Waals surface area contributed by atoms with Crippen LogP contribution in [0.4, 0.5) is 28.2 Å². The predicted octanol–water partition coefficient (Wildman–Crippen LogP) is 3.21. The van der Waals surface area contributed by atoms with E-state index in [0.717, 1.165) is 18.3 Å². The van der Waals surface area contributed by atoms with Crippen LogP contribution in [0.5, 0.6) is 0 Å². The molecular formula is C21H23F4N5O3. The first-order chi connectivity index (χ1) is 15.3. The van der Waals surface area contributed by atoms with E-state index < -0.39 is 29.6 Å². The van der Waals surface area contributed by atoms with E-state index in [9.17, 15) is 27.2 Å². The van der Waals surface area contributed by atoms with E-state index >= 15 is 0 Å². The number of allylic oxidation sites excluding steroid dienone is 1. The molecule has 0 spiro atoms. The van der Waals surface area contributed by atoms with Gasteiger partial charge in [0.25, 0.3) is 0 Å². The summed E-state index contributed by atoms with van der Waals surface area (Å²) in [6.45, 7) is 7.59. The van der Waals surface area contributed by atoms with Crippen LogP contribution < -0.4 is 15.5 Å². The van der Waals surface area contributed by atoms with E-state index in [1.807, 2.05) is 0 Å². The number of cyclic esters (lactones) is 1. The SMILES string of the molecule is C=CN=C1NC(=O)O[C@@H](C(C)(C)F)/C1=C(/C)c1cc(C(F)(F)F)cc(N2CCNC(=O)C2)n1. The number of carbonyl (C=O) groups is 2. The standard InChI is InChI=1S/C21H23F4N5O3/c1-5-26-18-16(17(20(3,4)22)33-19(32)29-18)11(2)13-8-12(21(23,24)25)9-14(28-13)30-7-6-27-15(31)10-30/h5,8-9,17H,1,6-7,10H2,2-4H3,(H,27,31)(H,26,29,32)/b16-11+/t17-/m1/s1. The maximum Gasteiger partial charge on any atom is 0.416 e. The van der Waals surface area contributed by atoms with Gasteiger partial charge in [0.2, 0.25) is 5.91 Å². The van der Waals surface area contributed by atoms with Gasteiger partial charge in [-0.25, -0.2) is 19.2 Å². The molecule has 3 heterocycles. The minimum atomic E-state index is -4.70. The first kappa shape index (κ1) is 24.2. The molecule has 0 saturated carbocycles. The molecule has 33 heavy (non-hydrogen) atoms. The summed E-state index contributed by atoms with van der Waals surface area (Å²) < 4.78 is 61.2. The zero-order chi connectivity index (χ0) is 24.6. The Morgan fingerprint density at radius 3 is 2.58 bits per heavy atom. The first-order valence-corrected chi connectivity index (χ1v) is 9.99. The normalized spacial score (nSPS) is 22.5. The summed E-state index contributed by atoms with van der Waals surface area (Å²) in [5, 5.41) is 4.93. The highest BCUT2D eigenvalue weighted by Crippen LogP contribution is 2.36. The molecular weight excluding hydrogens is 446 g/mol. The Morgan fingerprint density at radius 1 is 1.30 bits per heavy atom. The van der Waals surface area contributed by atoms with Crippen LogP contribution in [0.3, 0.4) is 0 Å². The van der Waals surface area contributed by atoms with Crippen molar-refractivity contribution in [1.82, 2.24) is 15.6 Å². The molecule has 0 aliphatic carbocycles. The summed E-state index contributed by atoms with van der Waals surface area (Å²) in [4.78, 5) is 33.4. The lowest BCUT2D eigenvalue weighted by Gasteiger charge is -2.34. The van der Waals surface area contributed by atoms with Crippen molar-refractivity contribution in [3.63, 3.8) is 0 Å². The van der Waals surface area contributed by atoms with Crippen molar-refractivity contribution in [2.24, 2.45) is 4.99 Å². The lowest BCUT2D eigenvalue weighted by atomic mass is 9.89. The predicted molar refractivity (Wildman–Crippen MR) is 113 cm³/mol. The number of anilines is 1. The zero-order valence-electron chi connectivity index (χ0n) is 18.2. The highest BCUT2D eigenvalue weighted by atomic mass is 19.4. The zero-order valence-corrected chi connectivity index (χ0v) is 18.2. The van der Waals surface area contributed by atoms with Gasteiger partial charge in [-0.05, 0) is 38.5 Å². The quantitative estimate of drug-likeness (QED) is 0.661. The second-order valence-electron chi connectivity index (χ2n) is 8.04. The van der Waals surface area contributed by atoms with Gasteiger partial charge in [-0.1, -0.05) is 6.58 Å². The van der Waals surface area contributed by atoms with Crippen molar-refractivity contribution in [2.45, 2.75) is 38.7 Å². The van der Waals surface area contributed by atoms with E-state index in [-0.39, 0.29) is 54.0 Å². The van der Waals surface area contributed by atoms with Crippen LogP contribution >= 0.6 is 0 Å². The monoisotopic (exact) mass is 469 g/mol. The number of halogens is 4. The van der Waals surface area contributed by atoms with Gasteiger partial charge >= 0.3 is 12.3 Å². The summed E-state index contributed by atoms with van der Waals surface area (Å²) in [7, 11) is 0. The van der Waals surface area contributed by atoms with E-state index in [1.54, 1.807) is 0 Å². The van der Waals surface area contributed by atoms with Crippen LogP contribution in [-0.2, 0) is 15.7 Å². The third kappa shape index (κ3) is 5.32. The molecule has 2 saturated heterocycles. The van der Waals surface area contributed by atoms with Crippen LogP contribution in [0.25, 0.3) is 5.57 Å². The Balaban J connectivity index is 2.23. The molecule has 12 heteroatoms. The van der Waals surface area contributed by atoms with Crippen molar-refractivity contribution in [2.75, 3.05) is 24.5 Å². The topological polar surface area (TPSA) is 95.9 Å². The lowest BCUT2D eigenvalue weighted by Crippen LogP contribution is -2.51. The van der Waals surface area contributed by atoms with Gasteiger partial charge in [-0.2, -0.15) is 13.2 Å². The summed E-state index contributed by atoms with van der Waals surface area (Å²) in [5.74, 6) is -0.513. The van der Waals surface area contributed by atoms with Gasteiger partial charge in [-0.3, -0.25) is 10.1 Å². The molecule has 1 atom stereocenters. The minimum Gasteiger partial charge on any atom is -0.438 e. The highest BCUT2D eigenvalue weighted by molar-refractivity contribution is 6.13. The van der Waals surface area contributed by atoms with Crippen molar-refractivity contribution in [3.8, 4) is 0 Å². The number of nitrogens with zero attached hydrogens (tertiary/aromatic N) is 3. The molecule has 2 N–H and O–H groups in total. The number of hydrogen-bond acceptors (Lipinski definition) is 6. The van der Waals surface area contributed by atoms with Crippen LogP contribution in [0.2, 0.25) is 0 Å². The first-order valence-electron chi connectivity index (χ1n) is 9.99. The van der Waals surface area contributed by atoms with E-state index in [2.05, 4.69) is 27.2 Å². The maximum absolute atomic E-state index is 15.0. The van der Waals surface area contributed by atoms with Crippen LogP contribution in [0.1, 0.15) is 32.0 Å². The molecule has 0 bridgehead atoms. The van der Waals surface area contributed by atoms with Crippen molar-refractivity contribution < 1.29 is 31.9 Å². The number of ether oxygens (including phenoxy) is 1.